The number of benzene rings is 2. The minimum absolute atomic E-state index is 0.0963. The van der Waals surface area contributed by atoms with E-state index in [1.54, 1.807) is 7.11 Å². The summed E-state index contributed by atoms with van der Waals surface area (Å²) in [5.74, 6) is -0.531. The van der Waals surface area contributed by atoms with Gasteiger partial charge in [-0.25, -0.2) is 0 Å². The number of amides is 1. The molecule has 1 unspecified atom stereocenters. The van der Waals surface area contributed by atoms with Crippen LogP contribution in [0.3, 0.4) is 0 Å². The van der Waals surface area contributed by atoms with Crippen LogP contribution in [0.15, 0.2) is 48.5 Å². The third kappa shape index (κ3) is 7.77. The Balaban J connectivity index is 2.09. The largest absolute Gasteiger partial charge is 0.497 e. The molecule has 32 heavy (non-hydrogen) atoms. The summed E-state index contributed by atoms with van der Waals surface area (Å²) in [6, 6.07) is 10.6. The molecule has 0 aliphatic carbocycles. The Morgan fingerprint density at radius 3 is 2.38 bits per heavy atom. The number of likely N-dealkylation sites (N-methyl/N-ethyl adjacent to an activating group) is 1. The monoisotopic (exact) mass is 456 g/mol. The van der Waals surface area contributed by atoms with Gasteiger partial charge in [0.2, 0.25) is 5.91 Å². The van der Waals surface area contributed by atoms with Gasteiger partial charge in [-0.2, -0.15) is 17.6 Å². The fourth-order valence-electron chi connectivity index (χ4n) is 2.90. The second-order valence-corrected chi connectivity index (χ2v) is 6.79. The summed E-state index contributed by atoms with van der Waals surface area (Å²) >= 11 is 0. The van der Waals surface area contributed by atoms with Crippen LogP contribution in [-0.4, -0.2) is 51.8 Å². The average molecular weight is 456 g/mol. The Kier molecular flexibility index (Phi) is 9.33. The number of halogens is 4. The topological polar surface area (TPSA) is 60.0 Å². The van der Waals surface area contributed by atoms with Crippen molar-refractivity contribution in [2.45, 2.75) is 19.3 Å². The Labute approximate surface area is 183 Å². The van der Waals surface area contributed by atoms with Crippen molar-refractivity contribution in [3.63, 3.8) is 0 Å². The Morgan fingerprint density at radius 2 is 1.75 bits per heavy atom. The van der Waals surface area contributed by atoms with E-state index in [2.05, 4.69) is 14.8 Å². The van der Waals surface area contributed by atoms with Gasteiger partial charge in [-0.1, -0.05) is 12.1 Å². The molecule has 6 nitrogen and oxygen atoms in total. The SMILES string of the molecule is COc1cccc(C(CNC(=O)/C=C/c2ccc(OC(F)F)cc2OC(F)F)N(C)C)c1. The molecule has 2 aromatic carbocycles. The predicted molar refractivity (Wildman–Crippen MR) is 111 cm³/mol. The van der Waals surface area contributed by atoms with Crippen LogP contribution < -0.4 is 19.5 Å². The van der Waals surface area contributed by atoms with Gasteiger partial charge in [0, 0.05) is 24.3 Å². The standard InChI is InChI=1S/C22H24F4N2O4/c1-28(2)18(15-5-4-6-16(11-15)30-3)13-27-20(29)10-8-14-7-9-17(31-21(23)24)12-19(14)32-22(25)26/h4-12,18,21-22H,13H2,1-3H3,(H,27,29)/b10-8+. The fraction of sp³-hybridized carbons (Fsp3) is 0.318. The minimum Gasteiger partial charge on any atom is -0.497 e. The maximum absolute atomic E-state index is 12.7. The molecular weight excluding hydrogens is 432 g/mol. The average Bonchev–Trinajstić information content (AvgIpc) is 2.72. The lowest BCUT2D eigenvalue weighted by Gasteiger charge is -2.25. The molecule has 1 N–H and O–H groups in total. The summed E-state index contributed by atoms with van der Waals surface area (Å²) < 4.78 is 63.8. The van der Waals surface area contributed by atoms with E-state index in [9.17, 15) is 22.4 Å². The molecule has 0 aromatic heterocycles. The number of carbonyl (C=O) groups is 1. The molecule has 0 saturated carbocycles. The van der Waals surface area contributed by atoms with Gasteiger partial charge < -0.3 is 24.4 Å². The predicted octanol–water partition coefficient (Wildman–Crippen LogP) is 4.33. The highest BCUT2D eigenvalue weighted by Crippen LogP contribution is 2.28. The molecule has 2 rings (SSSR count). The van der Waals surface area contributed by atoms with E-state index in [1.807, 2.05) is 43.3 Å². The molecule has 0 fully saturated rings. The van der Waals surface area contributed by atoms with Crippen molar-refractivity contribution in [1.82, 2.24) is 10.2 Å². The fourth-order valence-corrected chi connectivity index (χ4v) is 2.90. The Bertz CT molecular complexity index is 923. The van der Waals surface area contributed by atoms with E-state index in [4.69, 9.17) is 4.74 Å². The molecule has 1 atom stereocenters. The molecule has 1 amide bonds. The number of ether oxygens (including phenoxy) is 3. The number of hydrogen-bond acceptors (Lipinski definition) is 5. The lowest BCUT2D eigenvalue weighted by Crippen LogP contribution is -2.33. The lowest BCUT2D eigenvalue weighted by atomic mass is 10.1. The third-order valence-electron chi connectivity index (χ3n) is 4.41. The molecule has 0 bridgehead atoms. The van der Waals surface area contributed by atoms with Gasteiger partial charge in [0.1, 0.15) is 17.2 Å². The molecule has 0 aliphatic rings. The first-order chi connectivity index (χ1) is 15.2. The molecule has 0 aliphatic heterocycles. The first kappa shape index (κ1) is 25.0. The third-order valence-corrected chi connectivity index (χ3v) is 4.41. The van der Waals surface area contributed by atoms with E-state index in [0.29, 0.717) is 5.75 Å². The molecule has 10 heteroatoms. The van der Waals surface area contributed by atoms with Crippen molar-refractivity contribution < 1.29 is 36.6 Å². The van der Waals surface area contributed by atoms with Crippen LogP contribution in [0.1, 0.15) is 17.2 Å². The second kappa shape index (κ2) is 11.9. The van der Waals surface area contributed by atoms with Crippen molar-refractivity contribution in [2.24, 2.45) is 0 Å². The van der Waals surface area contributed by atoms with Crippen LogP contribution in [0.5, 0.6) is 17.2 Å². The van der Waals surface area contributed by atoms with Crippen molar-refractivity contribution in [3.05, 3.63) is 59.7 Å². The van der Waals surface area contributed by atoms with E-state index < -0.39 is 24.9 Å². The van der Waals surface area contributed by atoms with Crippen LogP contribution >= 0.6 is 0 Å². The number of nitrogens with one attached hydrogen (secondary N) is 1. The number of methoxy groups -OCH3 is 1. The van der Waals surface area contributed by atoms with Gasteiger partial charge in [-0.05, 0) is 50.0 Å². The summed E-state index contributed by atoms with van der Waals surface area (Å²) in [7, 11) is 5.29. The van der Waals surface area contributed by atoms with Gasteiger partial charge in [-0.3, -0.25) is 4.79 Å². The molecule has 0 spiro atoms. The zero-order chi connectivity index (χ0) is 23.7. The zero-order valence-electron chi connectivity index (χ0n) is 17.7. The zero-order valence-corrected chi connectivity index (χ0v) is 17.7. The molecular formula is C22H24F4N2O4. The van der Waals surface area contributed by atoms with Crippen LogP contribution in [0.2, 0.25) is 0 Å². The van der Waals surface area contributed by atoms with Crippen LogP contribution in [-0.2, 0) is 4.79 Å². The maximum atomic E-state index is 12.7. The highest BCUT2D eigenvalue weighted by molar-refractivity contribution is 5.92. The minimum atomic E-state index is -3.18. The number of nitrogens with zero attached hydrogens (tertiary/aromatic N) is 1. The normalized spacial score (nSPS) is 12.4. The molecule has 0 saturated heterocycles. The molecule has 0 radical (unpaired) electrons. The van der Waals surface area contributed by atoms with Crippen LogP contribution in [0.25, 0.3) is 6.08 Å². The summed E-state index contributed by atoms with van der Waals surface area (Å²) in [6.07, 6.45) is 2.38. The van der Waals surface area contributed by atoms with E-state index in [-0.39, 0.29) is 23.9 Å². The second-order valence-electron chi connectivity index (χ2n) is 6.79. The number of carbonyl (C=O) groups excluding carboxylic acids is 1. The number of alkyl halides is 4. The summed E-state index contributed by atoms with van der Waals surface area (Å²) in [4.78, 5) is 14.2. The maximum Gasteiger partial charge on any atom is 0.387 e. The highest BCUT2D eigenvalue weighted by Gasteiger charge is 2.16. The van der Waals surface area contributed by atoms with Gasteiger partial charge in [0.25, 0.3) is 0 Å². The first-order valence-corrected chi connectivity index (χ1v) is 9.49. The first-order valence-electron chi connectivity index (χ1n) is 9.49. The van der Waals surface area contributed by atoms with Crippen molar-refractivity contribution in [2.75, 3.05) is 27.7 Å². The van der Waals surface area contributed by atoms with Crippen molar-refractivity contribution in [3.8, 4) is 17.2 Å². The van der Waals surface area contributed by atoms with Crippen molar-refractivity contribution >= 4 is 12.0 Å². The quantitative estimate of drug-likeness (QED) is 0.403. The van der Waals surface area contributed by atoms with Crippen LogP contribution in [0.4, 0.5) is 17.6 Å². The lowest BCUT2D eigenvalue weighted by molar-refractivity contribution is -0.116. The summed E-state index contributed by atoms with van der Waals surface area (Å²) in [5.41, 5.74) is 1.03. The smallest absolute Gasteiger partial charge is 0.387 e. The summed E-state index contributed by atoms with van der Waals surface area (Å²) in [5, 5.41) is 2.75. The number of rotatable bonds is 11. The van der Waals surface area contributed by atoms with Gasteiger partial charge in [0.05, 0.1) is 13.2 Å². The van der Waals surface area contributed by atoms with E-state index >= 15 is 0 Å². The Hall–Kier alpha value is -3.27. The van der Waals surface area contributed by atoms with Crippen molar-refractivity contribution in [1.29, 1.82) is 0 Å². The van der Waals surface area contributed by atoms with E-state index in [1.165, 1.54) is 12.1 Å². The Morgan fingerprint density at radius 1 is 1.03 bits per heavy atom. The van der Waals surface area contributed by atoms with E-state index in [0.717, 1.165) is 23.8 Å². The van der Waals surface area contributed by atoms with Gasteiger partial charge in [0.15, 0.2) is 0 Å². The van der Waals surface area contributed by atoms with Gasteiger partial charge >= 0.3 is 13.2 Å². The summed E-state index contributed by atoms with van der Waals surface area (Å²) in [6.45, 7) is -6.03. The molecule has 2 aromatic rings. The molecule has 174 valence electrons. The number of hydrogen-bond donors (Lipinski definition) is 1. The highest BCUT2D eigenvalue weighted by atomic mass is 19.3. The van der Waals surface area contributed by atoms with Crippen LogP contribution in [0, 0.1) is 0 Å². The van der Waals surface area contributed by atoms with Gasteiger partial charge in [-0.15, -0.1) is 0 Å². The molecule has 0 heterocycles.